The van der Waals surface area contributed by atoms with Crippen LogP contribution in [0.15, 0.2) is 0 Å². The van der Waals surface area contributed by atoms with Crippen molar-refractivity contribution >= 4 is 0 Å². The van der Waals surface area contributed by atoms with Crippen LogP contribution < -0.4 is 5.32 Å². The monoisotopic (exact) mass is 197 g/mol. The first-order chi connectivity index (χ1) is 6.67. The molecule has 2 aliphatic rings. The van der Waals surface area contributed by atoms with E-state index in [0.29, 0.717) is 0 Å². The third-order valence-corrected chi connectivity index (χ3v) is 4.11. The molecule has 0 aromatic heterocycles. The fourth-order valence-corrected chi connectivity index (χ4v) is 3.01. The van der Waals surface area contributed by atoms with E-state index in [-0.39, 0.29) is 5.60 Å². The maximum Gasteiger partial charge on any atom is 0.0620 e. The Morgan fingerprint density at radius 2 is 1.86 bits per heavy atom. The van der Waals surface area contributed by atoms with Gasteiger partial charge in [0.1, 0.15) is 0 Å². The molecule has 1 aliphatic carbocycles. The first kappa shape index (κ1) is 10.4. The Kier molecular flexibility index (Phi) is 3.13. The zero-order valence-corrected chi connectivity index (χ0v) is 9.26. The Morgan fingerprint density at radius 1 is 1.14 bits per heavy atom. The minimum atomic E-state index is -0.363. The van der Waals surface area contributed by atoms with E-state index < -0.39 is 0 Å². The fraction of sp³-hybridized carbons (Fsp3) is 1.00. The van der Waals surface area contributed by atoms with Crippen LogP contribution in [0, 0.1) is 11.8 Å². The second-order valence-electron chi connectivity index (χ2n) is 5.44. The van der Waals surface area contributed by atoms with Gasteiger partial charge in [-0.25, -0.2) is 0 Å². The third kappa shape index (κ3) is 2.48. The van der Waals surface area contributed by atoms with Gasteiger partial charge in [-0.1, -0.05) is 0 Å². The van der Waals surface area contributed by atoms with Crippen LogP contribution in [-0.2, 0) is 0 Å². The lowest BCUT2D eigenvalue weighted by atomic mass is 9.72. The molecule has 0 bridgehead atoms. The molecule has 2 nitrogen and oxygen atoms in total. The van der Waals surface area contributed by atoms with Gasteiger partial charge in [0.2, 0.25) is 0 Å². The quantitative estimate of drug-likeness (QED) is 0.673. The molecular formula is C12H23NO. The lowest BCUT2D eigenvalue weighted by Crippen LogP contribution is -2.38. The Bertz CT molecular complexity index is 175. The van der Waals surface area contributed by atoms with E-state index in [1.54, 1.807) is 0 Å². The Labute approximate surface area is 87.1 Å². The van der Waals surface area contributed by atoms with Gasteiger partial charge in [0.25, 0.3) is 0 Å². The first-order valence-electron chi connectivity index (χ1n) is 6.10. The number of hydrogen-bond donors (Lipinski definition) is 2. The van der Waals surface area contributed by atoms with E-state index in [1.807, 2.05) is 6.92 Å². The van der Waals surface area contributed by atoms with E-state index in [2.05, 4.69) is 5.32 Å². The van der Waals surface area contributed by atoms with Crippen molar-refractivity contribution in [2.24, 2.45) is 11.8 Å². The summed E-state index contributed by atoms with van der Waals surface area (Å²) in [4.78, 5) is 0. The number of piperidine rings is 1. The molecule has 2 fully saturated rings. The number of rotatable bonds is 1. The van der Waals surface area contributed by atoms with Gasteiger partial charge in [0.05, 0.1) is 5.60 Å². The van der Waals surface area contributed by atoms with Crippen LogP contribution in [0.25, 0.3) is 0 Å². The Hall–Kier alpha value is -0.0800. The van der Waals surface area contributed by atoms with Crippen LogP contribution in [0.3, 0.4) is 0 Å². The summed E-state index contributed by atoms with van der Waals surface area (Å²) in [6.07, 6.45) is 7.23. The van der Waals surface area contributed by atoms with Crippen LogP contribution in [0.4, 0.5) is 0 Å². The smallest absolute Gasteiger partial charge is 0.0620 e. The molecule has 2 rings (SSSR count). The number of aliphatic hydroxyl groups is 1. The fourth-order valence-electron chi connectivity index (χ4n) is 3.01. The molecule has 2 heteroatoms. The van der Waals surface area contributed by atoms with Gasteiger partial charge in [0, 0.05) is 0 Å². The van der Waals surface area contributed by atoms with Gasteiger partial charge in [-0.2, -0.15) is 0 Å². The molecule has 2 N–H and O–H groups in total. The van der Waals surface area contributed by atoms with E-state index >= 15 is 0 Å². The van der Waals surface area contributed by atoms with Crippen molar-refractivity contribution in [3.8, 4) is 0 Å². The van der Waals surface area contributed by atoms with Gasteiger partial charge in [0.15, 0.2) is 0 Å². The van der Waals surface area contributed by atoms with Crippen molar-refractivity contribution in [3.63, 3.8) is 0 Å². The average Bonchev–Trinajstić information content (AvgIpc) is 2.19. The highest BCUT2D eigenvalue weighted by atomic mass is 16.3. The summed E-state index contributed by atoms with van der Waals surface area (Å²) in [6, 6.07) is 0. The van der Waals surface area contributed by atoms with Gasteiger partial charge in [-0.3, -0.25) is 0 Å². The van der Waals surface area contributed by atoms with Crippen molar-refractivity contribution in [1.82, 2.24) is 5.32 Å². The van der Waals surface area contributed by atoms with Crippen LogP contribution in [-0.4, -0.2) is 23.8 Å². The minimum Gasteiger partial charge on any atom is -0.390 e. The molecule has 1 saturated carbocycles. The second-order valence-corrected chi connectivity index (χ2v) is 5.44. The van der Waals surface area contributed by atoms with Gasteiger partial charge >= 0.3 is 0 Å². The zero-order valence-electron chi connectivity index (χ0n) is 9.26. The molecule has 14 heavy (non-hydrogen) atoms. The lowest BCUT2D eigenvalue weighted by molar-refractivity contribution is -0.00292. The average molecular weight is 197 g/mol. The highest BCUT2D eigenvalue weighted by Crippen LogP contribution is 2.37. The molecule has 0 amide bonds. The van der Waals surface area contributed by atoms with Crippen molar-refractivity contribution < 1.29 is 5.11 Å². The van der Waals surface area contributed by atoms with Gasteiger partial charge in [-0.05, 0) is 70.4 Å². The van der Waals surface area contributed by atoms with Gasteiger partial charge < -0.3 is 10.4 Å². The summed E-state index contributed by atoms with van der Waals surface area (Å²) in [5.41, 5.74) is -0.363. The number of nitrogens with one attached hydrogen (secondary N) is 1. The topological polar surface area (TPSA) is 32.3 Å². The largest absolute Gasteiger partial charge is 0.390 e. The lowest BCUT2D eigenvalue weighted by Gasteiger charge is -2.38. The Balaban J connectivity index is 1.82. The van der Waals surface area contributed by atoms with Crippen molar-refractivity contribution in [3.05, 3.63) is 0 Å². The maximum atomic E-state index is 9.87. The van der Waals surface area contributed by atoms with E-state index in [1.165, 1.54) is 38.8 Å². The molecule has 0 aromatic rings. The molecule has 0 spiro atoms. The van der Waals surface area contributed by atoms with Crippen LogP contribution >= 0.6 is 0 Å². The standard InChI is InChI=1S/C12H23NO/c1-12(14)6-4-10(5-7-12)11-3-2-8-13-9-11/h10-11,13-14H,2-9H2,1H3. The molecule has 0 radical (unpaired) electrons. The minimum absolute atomic E-state index is 0.363. The highest BCUT2D eigenvalue weighted by molar-refractivity contribution is 4.86. The summed E-state index contributed by atoms with van der Waals surface area (Å²) in [6.45, 7) is 4.41. The second kappa shape index (κ2) is 4.19. The van der Waals surface area contributed by atoms with E-state index in [0.717, 1.165) is 24.7 Å². The molecule has 82 valence electrons. The molecule has 1 aliphatic heterocycles. The molecular weight excluding hydrogens is 174 g/mol. The zero-order chi connectivity index (χ0) is 10.0. The summed E-state index contributed by atoms with van der Waals surface area (Å²) in [7, 11) is 0. The van der Waals surface area contributed by atoms with Crippen LogP contribution in [0.1, 0.15) is 45.4 Å². The first-order valence-corrected chi connectivity index (χ1v) is 6.10. The molecule has 1 saturated heterocycles. The number of hydrogen-bond acceptors (Lipinski definition) is 2. The molecule has 0 aromatic carbocycles. The van der Waals surface area contributed by atoms with Crippen LogP contribution in [0.2, 0.25) is 0 Å². The van der Waals surface area contributed by atoms with Gasteiger partial charge in [-0.15, -0.1) is 0 Å². The Morgan fingerprint density at radius 3 is 2.43 bits per heavy atom. The van der Waals surface area contributed by atoms with Crippen molar-refractivity contribution in [2.45, 2.75) is 51.0 Å². The normalized spacial score (nSPS) is 45.0. The molecule has 1 atom stereocenters. The summed E-state index contributed by atoms with van der Waals surface area (Å²) in [5.74, 6) is 1.77. The van der Waals surface area contributed by atoms with E-state index in [4.69, 9.17) is 0 Å². The predicted molar refractivity (Wildman–Crippen MR) is 58.2 cm³/mol. The highest BCUT2D eigenvalue weighted by Gasteiger charge is 2.32. The van der Waals surface area contributed by atoms with Crippen molar-refractivity contribution in [1.29, 1.82) is 0 Å². The molecule has 1 heterocycles. The van der Waals surface area contributed by atoms with Crippen LogP contribution in [0.5, 0.6) is 0 Å². The summed E-state index contributed by atoms with van der Waals surface area (Å²) < 4.78 is 0. The SMILES string of the molecule is CC1(O)CCC(C2CCCNC2)CC1. The molecule has 1 unspecified atom stereocenters. The third-order valence-electron chi connectivity index (χ3n) is 4.11. The summed E-state index contributed by atoms with van der Waals surface area (Å²) in [5, 5.41) is 13.4. The summed E-state index contributed by atoms with van der Waals surface area (Å²) >= 11 is 0. The van der Waals surface area contributed by atoms with E-state index in [9.17, 15) is 5.11 Å². The predicted octanol–water partition coefficient (Wildman–Crippen LogP) is 1.93. The van der Waals surface area contributed by atoms with Crippen molar-refractivity contribution in [2.75, 3.05) is 13.1 Å². The maximum absolute atomic E-state index is 9.87.